The van der Waals surface area contributed by atoms with Crippen LogP contribution in [0.1, 0.15) is 120 Å². The van der Waals surface area contributed by atoms with Gasteiger partial charge in [0.1, 0.15) is 49.3 Å². The summed E-state index contributed by atoms with van der Waals surface area (Å²) in [5, 5.41) is 85.2. The molecule has 4 fully saturated rings. The summed E-state index contributed by atoms with van der Waals surface area (Å²) in [6.07, 6.45) is -6.89. The molecule has 0 spiro atoms. The first kappa shape index (κ1) is 45.8. The predicted octanol–water partition coefficient (Wildman–Crippen LogP) is 2.57. The summed E-state index contributed by atoms with van der Waals surface area (Å²) in [6, 6.07) is 0. The van der Waals surface area contributed by atoms with Crippen molar-refractivity contribution in [2.45, 2.75) is 193 Å². The lowest BCUT2D eigenvalue weighted by molar-refractivity contribution is -0.326. The second-order valence-corrected chi connectivity index (χ2v) is 20.1. The number of aliphatic hydroxyl groups excluding tert-OH is 6. The van der Waals surface area contributed by atoms with Gasteiger partial charge in [0.2, 0.25) is 0 Å². The standard InChI is InChI=1S/C43H70O15/c1-21(9-12-30(40(5,6)53)58-36-34(49)31(46)26(45)19-55-36)23-14-18-43(38(51)52)25-10-11-28-39(3,4)29(15-16-41(28,7)24(25)13-17-42(23,43)8)57-37-35(50)33(48)32(47)27(56-37)20-54-22(2)44/h21,23,26-37,45-50,53H,9-20H2,1-8H3,(H,51,52)/t21-,23-,26+,27-,28+,29-,30+,31+,32-,33+,34-,35-,36+,37+,41-,42-,43+/m1/s1. The van der Waals surface area contributed by atoms with Crippen molar-refractivity contribution < 1.29 is 74.1 Å². The molecule has 2 heterocycles. The van der Waals surface area contributed by atoms with Gasteiger partial charge < -0.3 is 64.5 Å². The maximum Gasteiger partial charge on any atom is 0.314 e. The fourth-order valence-electron chi connectivity index (χ4n) is 12.8. The Kier molecular flexibility index (Phi) is 13.0. The third kappa shape index (κ3) is 7.71. The Balaban J connectivity index is 1.19. The van der Waals surface area contributed by atoms with Crippen LogP contribution in [0.2, 0.25) is 0 Å². The van der Waals surface area contributed by atoms with Crippen LogP contribution in [0, 0.1) is 39.4 Å². The normalized spacial score (nSPS) is 45.1. The smallest absolute Gasteiger partial charge is 0.314 e. The minimum absolute atomic E-state index is 0.0792. The number of allylic oxidation sites excluding steroid dienone is 1. The van der Waals surface area contributed by atoms with Gasteiger partial charge in [0.15, 0.2) is 12.6 Å². The molecule has 0 unspecified atom stereocenters. The Hall–Kier alpha value is -1.76. The first-order chi connectivity index (χ1) is 26.9. The molecule has 0 aromatic carbocycles. The lowest BCUT2D eigenvalue weighted by Gasteiger charge is -2.62. The zero-order valence-corrected chi connectivity index (χ0v) is 35.5. The molecular weight excluding hydrogens is 756 g/mol. The fraction of sp³-hybridized carbons (Fsp3) is 0.907. The van der Waals surface area contributed by atoms with Gasteiger partial charge in [0.25, 0.3) is 0 Å². The molecule has 0 aromatic rings. The summed E-state index contributed by atoms with van der Waals surface area (Å²) in [4.78, 5) is 25.3. The summed E-state index contributed by atoms with van der Waals surface area (Å²) in [5.41, 5.74) is -1.26. The van der Waals surface area contributed by atoms with Crippen molar-refractivity contribution in [2.75, 3.05) is 13.2 Å². The second-order valence-electron chi connectivity index (χ2n) is 20.1. The number of rotatable bonds is 12. The van der Waals surface area contributed by atoms with E-state index in [9.17, 15) is 50.4 Å². The van der Waals surface area contributed by atoms with Crippen molar-refractivity contribution in [3.63, 3.8) is 0 Å². The molecule has 15 heteroatoms. The first-order valence-electron chi connectivity index (χ1n) is 21.4. The number of carbonyl (C=O) groups excluding carboxylic acids is 1. The second kappa shape index (κ2) is 16.5. The van der Waals surface area contributed by atoms with E-state index >= 15 is 0 Å². The molecule has 0 radical (unpaired) electrons. The number of esters is 1. The number of carboxylic acid groups (broad SMARTS) is 1. The van der Waals surface area contributed by atoms with E-state index in [-0.39, 0.29) is 42.5 Å². The lowest BCUT2D eigenvalue weighted by atomic mass is 9.43. The zero-order valence-electron chi connectivity index (χ0n) is 35.5. The molecule has 2 saturated heterocycles. The van der Waals surface area contributed by atoms with Crippen molar-refractivity contribution >= 4 is 11.9 Å². The maximum absolute atomic E-state index is 13.9. The average molecular weight is 827 g/mol. The van der Waals surface area contributed by atoms with E-state index in [1.165, 1.54) is 12.5 Å². The Morgan fingerprint density at radius 3 is 2.16 bits per heavy atom. The number of aliphatic carboxylic acids is 1. The van der Waals surface area contributed by atoms with Crippen LogP contribution in [0.25, 0.3) is 0 Å². The molecule has 2 aliphatic heterocycles. The Morgan fingerprint density at radius 1 is 0.845 bits per heavy atom. The van der Waals surface area contributed by atoms with Crippen molar-refractivity contribution in [1.29, 1.82) is 0 Å². The molecule has 17 atom stereocenters. The number of hydrogen-bond acceptors (Lipinski definition) is 14. The van der Waals surface area contributed by atoms with Crippen molar-refractivity contribution in [1.82, 2.24) is 0 Å². The first-order valence-corrected chi connectivity index (χ1v) is 21.4. The largest absolute Gasteiger partial charge is 0.481 e. The highest BCUT2D eigenvalue weighted by atomic mass is 16.7. The van der Waals surface area contributed by atoms with E-state index in [1.54, 1.807) is 13.8 Å². The molecule has 4 aliphatic carbocycles. The summed E-state index contributed by atoms with van der Waals surface area (Å²) in [5.74, 6) is -1.06. The minimum atomic E-state index is -1.56. The Bertz CT molecular complexity index is 1540. The van der Waals surface area contributed by atoms with Crippen LogP contribution >= 0.6 is 0 Å². The molecule has 58 heavy (non-hydrogen) atoms. The third-order valence-electron chi connectivity index (χ3n) is 16.1. The SMILES string of the molecule is CC(=O)OC[C@H]1O[C@@H](O[C@@H]2CC[C@]3(C)C4=C(CC[C@H]3C2(C)C)[C@]2(C(=O)O)CC[C@H]([C@H](C)CC[C@H](O[C@@H]3OC[C@H](O)[C@H](O)[C@H]3O)C(C)(C)O)[C@@]2(C)CC4)[C@H](O)[C@@H](O)[C@@H]1O. The molecule has 0 amide bonds. The van der Waals surface area contributed by atoms with Gasteiger partial charge in [-0.05, 0) is 112 Å². The predicted molar refractivity (Wildman–Crippen MR) is 207 cm³/mol. The molecule has 0 aromatic heterocycles. The topological polar surface area (TPSA) is 242 Å². The molecular formula is C43H70O15. The lowest BCUT2D eigenvalue weighted by Crippen LogP contribution is -2.62. The number of carboxylic acids is 1. The van der Waals surface area contributed by atoms with Crippen LogP contribution < -0.4 is 0 Å². The van der Waals surface area contributed by atoms with Gasteiger partial charge in [-0.2, -0.15) is 0 Å². The van der Waals surface area contributed by atoms with Gasteiger partial charge in [0, 0.05) is 6.92 Å². The maximum atomic E-state index is 13.9. The highest BCUT2D eigenvalue weighted by Gasteiger charge is 2.68. The van der Waals surface area contributed by atoms with E-state index in [0.717, 1.165) is 37.7 Å². The van der Waals surface area contributed by atoms with Crippen molar-refractivity contribution in [3.05, 3.63) is 11.1 Å². The Labute approximate surface area is 342 Å². The van der Waals surface area contributed by atoms with Gasteiger partial charge >= 0.3 is 11.9 Å². The molecule has 6 aliphatic rings. The average Bonchev–Trinajstić information content (AvgIpc) is 3.47. The van der Waals surface area contributed by atoms with Crippen LogP contribution in [0.4, 0.5) is 0 Å². The summed E-state index contributed by atoms with van der Waals surface area (Å²) in [7, 11) is 0. The van der Waals surface area contributed by atoms with Gasteiger partial charge in [-0.15, -0.1) is 0 Å². The van der Waals surface area contributed by atoms with Crippen LogP contribution in [0.5, 0.6) is 0 Å². The minimum Gasteiger partial charge on any atom is -0.481 e. The molecule has 15 nitrogen and oxygen atoms in total. The number of fused-ring (bicyclic) bond motifs is 4. The van der Waals surface area contributed by atoms with Crippen LogP contribution in [-0.4, -0.2) is 139 Å². The molecule has 332 valence electrons. The fourth-order valence-corrected chi connectivity index (χ4v) is 12.8. The number of hydrogen-bond donors (Lipinski definition) is 8. The van der Waals surface area contributed by atoms with E-state index in [1.807, 2.05) is 0 Å². The summed E-state index contributed by atoms with van der Waals surface area (Å²) in [6.45, 7) is 14.8. The van der Waals surface area contributed by atoms with Gasteiger partial charge in [0.05, 0.1) is 29.8 Å². The van der Waals surface area contributed by atoms with Crippen molar-refractivity contribution in [2.24, 2.45) is 39.4 Å². The molecule has 2 saturated carbocycles. The molecule has 8 N–H and O–H groups in total. The number of ether oxygens (including phenoxy) is 5. The van der Waals surface area contributed by atoms with Gasteiger partial charge in [-0.25, -0.2) is 0 Å². The summed E-state index contributed by atoms with van der Waals surface area (Å²) >= 11 is 0. The van der Waals surface area contributed by atoms with Gasteiger partial charge in [-0.3, -0.25) is 9.59 Å². The van der Waals surface area contributed by atoms with E-state index in [4.69, 9.17) is 23.7 Å². The number of aliphatic hydroxyl groups is 7. The van der Waals surface area contributed by atoms with E-state index in [2.05, 4.69) is 34.6 Å². The van der Waals surface area contributed by atoms with E-state index < -0.39 is 95.2 Å². The molecule has 6 rings (SSSR count). The van der Waals surface area contributed by atoms with Crippen LogP contribution in [0.3, 0.4) is 0 Å². The quantitative estimate of drug-likeness (QED) is 0.104. The van der Waals surface area contributed by atoms with Crippen LogP contribution in [-0.2, 0) is 33.3 Å². The van der Waals surface area contributed by atoms with Crippen LogP contribution in [0.15, 0.2) is 11.1 Å². The van der Waals surface area contributed by atoms with E-state index in [0.29, 0.717) is 32.1 Å². The molecule has 0 bridgehead atoms. The highest BCUT2D eigenvalue weighted by Crippen LogP contribution is 2.73. The third-order valence-corrected chi connectivity index (χ3v) is 16.1. The monoisotopic (exact) mass is 826 g/mol. The number of carbonyl (C=O) groups is 2. The Morgan fingerprint density at radius 2 is 1.52 bits per heavy atom. The van der Waals surface area contributed by atoms with Crippen molar-refractivity contribution in [3.8, 4) is 0 Å². The summed E-state index contributed by atoms with van der Waals surface area (Å²) < 4.78 is 29.0. The highest BCUT2D eigenvalue weighted by molar-refractivity contribution is 5.82. The van der Waals surface area contributed by atoms with Gasteiger partial charge in [-0.1, -0.05) is 45.8 Å². The zero-order chi connectivity index (χ0) is 42.9.